The highest BCUT2D eigenvalue weighted by Gasteiger charge is 1.78. The van der Waals surface area contributed by atoms with Crippen LogP contribution in [0.3, 0.4) is 0 Å². The van der Waals surface area contributed by atoms with Crippen LogP contribution in [0.15, 0.2) is 30.3 Å². The summed E-state index contributed by atoms with van der Waals surface area (Å²) in [5, 5.41) is 0. The summed E-state index contributed by atoms with van der Waals surface area (Å²) in [6.07, 6.45) is 1.88. The van der Waals surface area contributed by atoms with E-state index in [9.17, 15) is 0 Å². The van der Waals surface area contributed by atoms with Crippen molar-refractivity contribution in [1.29, 1.82) is 0 Å². The molecule has 1 rings (SSSR count). The molecule has 0 saturated heterocycles. The van der Waals surface area contributed by atoms with Crippen LogP contribution in [0.4, 0.5) is 0 Å². The zero-order chi connectivity index (χ0) is 6.53. The molecular formula is C8H6Br. The van der Waals surface area contributed by atoms with E-state index in [1.165, 1.54) is 0 Å². The Morgan fingerprint density at radius 1 is 1.22 bits per heavy atom. The van der Waals surface area contributed by atoms with Crippen molar-refractivity contribution in [3.05, 3.63) is 40.9 Å². The van der Waals surface area contributed by atoms with Crippen molar-refractivity contribution in [3.8, 4) is 0 Å². The Morgan fingerprint density at radius 2 is 1.89 bits per heavy atom. The molecule has 9 heavy (non-hydrogen) atoms. The molecule has 0 N–H and O–H groups in total. The highest BCUT2D eigenvalue weighted by Crippen LogP contribution is 2.01. The first kappa shape index (κ1) is 6.56. The van der Waals surface area contributed by atoms with E-state index in [1.807, 2.05) is 36.4 Å². The molecule has 1 heteroatoms. The van der Waals surface area contributed by atoms with Gasteiger partial charge in [0.15, 0.2) is 0 Å². The van der Waals surface area contributed by atoms with Crippen LogP contribution in [-0.4, -0.2) is 0 Å². The molecular weight excluding hydrogens is 176 g/mol. The third-order valence-corrected chi connectivity index (χ3v) is 1.25. The van der Waals surface area contributed by atoms with E-state index >= 15 is 0 Å². The number of hydrogen-bond acceptors (Lipinski definition) is 0. The Hall–Kier alpha value is -0.560. The molecule has 45 valence electrons. The van der Waals surface area contributed by atoms with Gasteiger partial charge in [-0.05, 0) is 27.6 Å². The van der Waals surface area contributed by atoms with E-state index in [1.54, 1.807) is 0 Å². The third-order valence-electron chi connectivity index (χ3n) is 1.02. The van der Waals surface area contributed by atoms with Crippen LogP contribution in [0.1, 0.15) is 5.56 Å². The minimum absolute atomic E-state index is 1.16. The lowest BCUT2D eigenvalue weighted by molar-refractivity contribution is 1.66. The van der Waals surface area contributed by atoms with Crippen LogP contribution in [-0.2, 0) is 0 Å². The zero-order valence-corrected chi connectivity index (χ0v) is 6.43. The molecule has 0 fully saturated rings. The van der Waals surface area contributed by atoms with E-state index in [0.717, 1.165) is 5.56 Å². The second-order valence-corrected chi connectivity index (χ2v) is 2.12. The van der Waals surface area contributed by atoms with Crippen LogP contribution in [0.25, 0.3) is 6.08 Å². The summed E-state index contributed by atoms with van der Waals surface area (Å²) >= 11 is 3.08. The monoisotopic (exact) mass is 181 g/mol. The van der Waals surface area contributed by atoms with Gasteiger partial charge in [0.2, 0.25) is 0 Å². The third kappa shape index (κ3) is 2.02. The minimum atomic E-state index is 1.16. The van der Waals surface area contributed by atoms with E-state index in [2.05, 4.69) is 20.9 Å². The van der Waals surface area contributed by atoms with Crippen molar-refractivity contribution in [2.75, 3.05) is 0 Å². The molecule has 0 atom stereocenters. The maximum absolute atomic E-state index is 3.08. The van der Waals surface area contributed by atoms with Gasteiger partial charge >= 0.3 is 0 Å². The lowest BCUT2D eigenvalue weighted by Crippen LogP contribution is -1.65. The maximum Gasteiger partial charge on any atom is 0.0323 e. The van der Waals surface area contributed by atoms with Gasteiger partial charge in [-0.1, -0.05) is 30.3 Å². The van der Waals surface area contributed by atoms with Gasteiger partial charge in [0, 0.05) is 4.99 Å². The molecule has 0 aliphatic carbocycles. The lowest BCUT2D eigenvalue weighted by atomic mass is 10.2. The largest absolute Gasteiger partial charge is 0.0622 e. The topological polar surface area (TPSA) is 0 Å². The summed E-state index contributed by atoms with van der Waals surface area (Å²) in [4.78, 5) is 2.77. The van der Waals surface area contributed by atoms with Crippen molar-refractivity contribution >= 4 is 22.0 Å². The van der Waals surface area contributed by atoms with E-state index in [4.69, 9.17) is 0 Å². The second kappa shape index (κ2) is 3.46. The predicted octanol–water partition coefficient (Wildman–Crippen LogP) is 2.86. The molecule has 0 saturated carbocycles. The van der Waals surface area contributed by atoms with Crippen LogP contribution in [0.2, 0.25) is 0 Å². The van der Waals surface area contributed by atoms with Gasteiger partial charge < -0.3 is 0 Å². The summed E-state index contributed by atoms with van der Waals surface area (Å²) in [6.45, 7) is 0. The Morgan fingerprint density at radius 3 is 2.44 bits per heavy atom. The van der Waals surface area contributed by atoms with Crippen molar-refractivity contribution in [2.45, 2.75) is 0 Å². The molecule has 0 unspecified atom stereocenters. The predicted molar refractivity (Wildman–Crippen MR) is 43.1 cm³/mol. The highest BCUT2D eigenvalue weighted by atomic mass is 79.9. The molecule has 1 aromatic rings. The van der Waals surface area contributed by atoms with Crippen molar-refractivity contribution in [3.63, 3.8) is 0 Å². The molecule has 0 nitrogen and oxygen atoms in total. The van der Waals surface area contributed by atoms with Crippen molar-refractivity contribution in [1.82, 2.24) is 0 Å². The molecule has 0 amide bonds. The van der Waals surface area contributed by atoms with E-state index in [0.29, 0.717) is 0 Å². The standard InChI is InChI=1S/C8H6Br/c9-7-6-8-4-2-1-3-5-8/h1-6H. The molecule has 0 heterocycles. The Bertz CT molecular complexity index is 189. The first-order valence-corrected chi connectivity index (χ1v) is 3.47. The van der Waals surface area contributed by atoms with Gasteiger partial charge in [-0.3, -0.25) is 0 Å². The smallest absolute Gasteiger partial charge is 0.0323 e. The molecule has 1 radical (unpaired) electrons. The average molecular weight is 182 g/mol. The zero-order valence-electron chi connectivity index (χ0n) is 4.84. The van der Waals surface area contributed by atoms with Crippen LogP contribution < -0.4 is 0 Å². The summed E-state index contributed by atoms with van der Waals surface area (Å²) in [5.41, 5.74) is 1.16. The molecule has 0 aliphatic heterocycles. The van der Waals surface area contributed by atoms with Gasteiger partial charge in [-0.25, -0.2) is 0 Å². The molecule has 0 bridgehead atoms. The van der Waals surface area contributed by atoms with Gasteiger partial charge in [0.25, 0.3) is 0 Å². The fraction of sp³-hybridized carbons (Fsp3) is 0. The number of hydrogen-bond donors (Lipinski definition) is 0. The summed E-state index contributed by atoms with van der Waals surface area (Å²) < 4.78 is 0. The van der Waals surface area contributed by atoms with E-state index in [-0.39, 0.29) is 0 Å². The first-order chi connectivity index (χ1) is 4.43. The quantitative estimate of drug-likeness (QED) is 0.626. The first-order valence-electron chi connectivity index (χ1n) is 2.68. The Kier molecular flexibility index (Phi) is 2.52. The average Bonchev–Trinajstić information content (AvgIpc) is 1.91. The lowest BCUT2D eigenvalue weighted by Gasteiger charge is -1.86. The second-order valence-electron chi connectivity index (χ2n) is 1.66. The molecule has 0 aliphatic rings. The summed E-state index contributed by atoms with van der Waals surface area (Å²) in [6, 6.07) is 10.0. The van der Waals surface area contributed by atoms with E-state index < -0.39 is 0 Å². The van der Waals surface area contributed by atoms with Crippen LogP contribution in [0, 0.1) is 4.99 Å². The SMILES string of the molecule is Br/[C]=C/c1ccccc1. The fourth-order valence-electron chi connectivity index (χ4n) is 0.612. The number of halogens is 1. The number of rotatable bonds is 1. The number of benzene rings is 1. The van der Waals surface area contributed by atoms with Gasteiger partial charge in [0.1, 0.15) is 0 Å². The van der Waals surface area contributed by atoms with Gasteiger partial charge in [0.05, 0.1) is 0 Å². The fourth-order valence-corrected chi connectivity index (χ4v) is 0.877. The van der Waals surface area contributed by atoms with Crippen LogP contribution >= 0.6 is 15.9 Å². The minimum Gasteiger partial charge on any atom is -0.0622 e. The van der Waals surface area contributed by atoms with Crippen molar-refractivity contribution in [2.24, 2.45) is 0 Å². The summed E-state index contributed by atoms with van der Waals surface area (Å²) in [5.74, 6) is 0. The molecule has 0 spiro atoms. The highest BCUT2D eigenvalue weighted by molar-refractivity contribution is 9.10. The normalized spacial score (nSPS) is 10.3. The van der Waals surface area contributed by atoms with Gasteiger partial charge in [-0.2, -0.15) is 0 Å². The maximum atomic E-state index is 3.08. The Balaban J connectivity index is 2.85. The van der Waals surface area contributed by atoms with Crippen LogP contribution in [0.5, 0.6) is 0 Å². The Labute approximate surface area is 63.3 Å². The molecule has 1 aromatic carbocycles. The van der Waals surface area contributed by atoms with Crippen molar-refractivity contribution < 1.29 is 0 Å². The molecule has 0 aromatic heterocycles. The van der Waals surface area contributed by atoms with Gasteiger partial charge in [-0.15, -0.1) is 0 Å². The summed E-state index contributed by atoms with van der Waals surface area (Å²) in [7, 11) is 0.